The first-order valence-electron chi connectivity index (χ1n) is 6.51. The number of carbonyl (C=O) groups is 3. The van der Waals surface area contributed by atoms with Gasteiger partial charge < -0.3 is 15.3 Å². The summed E-state index contributed by atoms with van der Waals surface area (Å²) in [5.74, 6) is -3.65. The SMILES string of the molecule is O=C(O)CC(C(=O)O)N1C(=O)/C(=C/c2cc(Br)cc(Br)c2O)SC1=S. The van der Waals surface area contributed by atoms with Gasteiger partial charge >= 0.3 is 11.9 Å². The van der Waals surface area contributed by atoms with Crippen molar-refractivity contribution in [3.63, 3.8) is 0 Å². The van der Waals surface area contributed by atoms with E-state index >= 15 is 0 Å². The topological polar surface area (TPSA) is 115 Å². The van der Waals surface area contributed by atoms with Gasteiger partial charge in [0.15, 0.2) is 0 Å². The fourth-order valence-corrected chi connectivity index (χ4v) is 4.65. The lowest BCUT2D eigenvalue weighted by atomic mass is 10.1. The Morgan fingerprint density at radius 2 is 1.96 bits per heavy atom. The number of hydrogen-bond donors (Lipinski definition) is 3. The lowest BCUT2D eigenvalue weighted by Gasteiger charge is -2.21. The van der Waals surface area contributed by atoms with E-state index in [1.165, 1.54) is 6.08 Å². The molecule has 1 aromatic rings. The van der Waals surface area contributed by atoms with E-state index in [1.54, 1.807) is 12.1 Å². The van der Waals surface area contributed by atoms with E-state index < -0.39 is 30.3 Å². The summed E-state index contributed by atoms with van der Waals surface area (Å²) in [6.45, 7) is 0. The van der Waals surface area contributed by atoms with Gasteiger partial charge in [-0.25, -0.2) is 4.79 Å². The van der Waals surface area contributed by atoms with Crippen LogP contribution in [0.15, 0.2) is 26.0 Å². The molecule has 0 radical (unpaired) electrons. The van der Waals surface area contributed by atoms with Gasteiger partial charge in [0.05, 0.1) is 15.8 Å². The van der Waals surface area contributed by atoms with Crippen molar-refractivity contribution in [3.8, 4) is 5.75 Å². The van der Waals surface area contributed by atoms with Crippen LogP contribution in [0.25, 0.3) is 6.08 Å². The Labute approximate surface area is 167 Å². The molecule has 0 saturated carbocycles. The van der Waals surface area contributed by atoms with Crippen LogP contribution < -0.4 is 0 Å². The van der Waals surface area contributed by atoms with Crippen LogP contribution in [-0.2, 0) is 14.4 Å². The molecular weight excluding hydrogens is 502 g/mol. The zero-order valence-electron chi connectivity index (χ0n) is 12.1. The highest BCUT2D eigenvalue weighted by atomic mass is 79.9. The number of halogens is 2. The van der Waals surface area contributed by atoms with E-state index in [0.29, 0.717) is 14.5 Å². The second-order valence-electron chi connectivity index (χ2n) is 4.83. The van der Waals surface area contributed by atoms with Gasteiger partial charge in [0.25, 0.3) is 5.91 Å². The average Bonchev–Trinajstić information content (AvgIpc) is 2.76. The maximum atomic E-state index is 12.5. The summed E-state index contributed by atoms with van der Waals surface area (Å²) in [4.78, 5) is 35.6. The Balaban J connectivity index is 2.41. The van der Waals surface area contributed by atoms with Crippen LogP contribution in [0.3, 0.4) is 0 Å². The van der Waals surface area contributed by atoms with Crippen LogP contribution in [0.1, 0.15) is 12.0 Å². The molecule has 1 aliphatic rings. The van der Waals surface area contributed by atoms with Gasteiger partial charge in [-0.1, -0.05) is 39.9 Å². The summed E-state index contributed by atoms with van der Waals surface area (Å²) in [5, 5.41) is 28.1. The number of amides is 1. The van der Waals surface area contributed by atoms with Gasteiger partial charge in [0.2, 0.25) is 0 Å². The molecule has 0 aliphatic carbocycles. The van der Waals surface area contributed by atoms with Crippen molar-refractivity contribution in [1.82, 2.24) is 4.90 Å². The molecular formula is C14H9Br2NO6S2. The Morgan fingerprint density at radius 1 is 1.32 bits per heavy atom. The van der Waals surface area contributed by atoms with Crippen molar-refractivity contribution >= 4 is 84.1 Å². The molecule has 25 heavy (non-hydrogen) atoms. The molecule has 3 N–H and O–H groups in total. The Morgan fingerprint density at radius 3 is 2.52 bits per heavy atom. The monoisotopic (exact) mass is 509 g/mol. The predicted molar refractivity (Wildman–Crippen MR) is 102 cm³/mol. The van der Waals surface area contributed by atoms with Crippen LogP contribution in [0.2, 0.25) is 0 Å². The molecule has 1 unspecified atom stereocenters. The summed E-state index contributed by atoms with van der Waals surface area (Å²) >= 11 is 12.3. The first kappa shape index (κ1) is 19.9. The van der Waals surface area contributed by atoms with Crippen molar-refractivity contribution in [1.29, 1.82) is 0 Å². The third-order valence-electron chi connectivity index (χ3n) is 3.13. The highest BCUT2D eigenvalue weighted by molar-refractivity contribution is 9.11. The first-order valence-corrected chi connectivity index (χ1v) is 9.32. The highest BCUT2D eigenvalue weighted by Gasteiger charge is 2.41. The summed E-state index contributed by atoms with van der Waals surface area (Å²) in [6.07, 6.45) is 0.590. The molecule has 1 atom stereocenters. The lowest BCUT2D eigenvalue weighted by Crippen LogP contribution is -2.45. The summed E-state index contributed by atoms with van der Waals surface area (Å²) in [5.41, 5.74) is 0.312. The molecule has 2 rings (SSSR count). The zero-order chi connectivity index (χ0) is 18.9. The van der Waals surface area contributed by atoms with Crippen molar-refractivity contribution in [2.45, 2.75) is 12.5 Å². The number of phenols is 1. The largest absolute Gasteiger partial charge is 0.506 e. The lowest BCUT2D eigenvalue weighted by molar-refractivity contribution is -0.150. The van der Waals surface area contributed by atoms with Crippen LogP contribution in [0, 0.1) is 0 Å². The van der Waals surface area contributed by atoms with Gasteiger partial charge in [-0.2, -0.15) is 0 Å². The third-order valence-corrected chi connectivity index (χ3v) is 5.53. The fraction of sp³-hybridized carbons (Fsp3) is 0.143. The first-order chi connectivity index (χ1) is 11.6. The molecule has 1 heterocycles. The van der Waals surface area contributed by atoms with Gasteiger partial charge in [-0.15, -0.1) is 0 Å². The summed E-state index contributed by atoms with van der Waals surface area (Å²) in [6, 6.07) is 1.59. The Kier molecular flexibility index (Phi) is 6.25. The molecule has 11 heteroatoms. The second kappa shape index (κ2) is 7.85. The van der Waals surface area contributed by atoms with E-state index in [4.69, 9.17) is 17.3 Å². The normalized spacial score (nSPS) is 17.2. The number of phenolic OH excluding ortho intramolecular Hbond substituents is 1. The maximum absolute atomic E-state index is 12.5. The minimum atomic E-state index is -1.60. The molecule has 1 saturated heterocycles. The fourth-order valence-electron chi connectivity index (χ4n) is 2.04. The average molecular weight is 511 g/mol. The van der Waals surface area contributed by atoms with Crippen molar-refractivity contribution < 1.29 is 29.7 Å². The van der Waals surface area contributed by atoms with Gasteiger partial charge in [-0.3, -0.25) is 14.5 Å². The molecule has 1 aromatic carbocycles. The number of carboxylic acid groups (broad SMARTS) is 2. The van der Waals surface area contributed by atoms with Gasteiger partial charge in [0, 0.05) is 10.0 Å². The number of hydrogen-bond acceptors (Lipinski definition) is 6. The zero-order valence-corrected chi connectivity index (χ0v) is 16.9. The number of carbonyl (C=O) groups excluding carboxylic acids is 1. The number of nitrogens with zero attached hydrogens (tertiary/aromatic N) is 1. The van der Waals surface area contributed by atoms with Crippen LogP contribution in [0.4, 0.5) is 0 Å². The second-order valence-corrected chi connectivity index (χ2v) is 8.27. The van der Waals surface area contributed by atoms with Crippen molar-refractivity contribution in [2.24, 2.45) is 0 Å². The third kappa shape index (κ3) is 4.40. The number of thioether (sulfide) groups is 1. The molecule has 0 bridgehead atoms. The summed E-state index contributed by atoms with van der Waals surface area (Å²) < 4.78 is 0.990. The number of thiocarbonyl (C=S) groups is 1. The van der Waals surface area contributed by atoms with E-state index in [2.05, 4.69) is 31.9 Å². The minimum Gasteiger partial charge on any atom is -0.506 e. The van der Waals surface area contributed by atoms with Gasteiger partial charge in [0.1, 0.15) is 16.1 Å². The molecule has 1 amide bonds. The molecule has 0 aromatic heterocycles. The van der Waals surface area contributed by atoms with Gasteiger partial charge in [-0.05, 0) is 34.1 Å². The molecule has 1 aliphatic heterocycles. The molecule has 0 spiro atoms. The molecule has 1 fully saturated rings. The number of benzene rings is 1. The molecule has 132 valence electrons. The number of aromatic hydroxyl groups is 1. The standard InChI is InChI=1S/C14H9Br2NO6S2/c15-6-1-5(11(20)7(16)3-6)2-9-12(21)17(14(24)25-9)8(13(22)23)4-10(18)19/h1-3,8,20H,4H2,(H,18,19)(H,22,23)/b9-2-. The number of carboxylic acids is 2. The van der Waals surface area contributed by atoms with Crippen LogP contribution in [-0.4, -0.2) is 48.4 Å². The number of aliphatic carboxylic acids is 2. The minimum absolute atomic E-state index is 0.0570. The predicted octanol–water partition coefficient (Wildman–Crippen LogP) is 3.05. The van der Waals surface area contributed by atoms with Crippen LogP contribution in [0.5, 0.6) is 5.75 Å². The Bertz CT molecular complexity index is 826. The summed E-state index contributed by atoms with van der Waals surface area (Å²) in [7, 11) is 0. The maximum Gasteiger partial charge on any atom is 0.327 e. The van der Waals surface area contributed by atoms with Crippen molar-refractivity contribution in [3.05, 3.63) is 31.5 Å². The quantitative estimate of drug-likeness (QED) is 0.409. The van der Waals surface area contributed by atoms with E-state index in [1.807, 2.05) is 0 Å². The van der Waals surface area contributed by atoms with Crippen LogP contribution >= 0.6 is 55.8 Å². The highest BCUT2D eigenvalue weighted by Crippen LogP contribution is 2.38. The van der Waals surface area contributed by atoms with Crippen molar-refractivity contribution in [2.75, 3.05) is 0 Å². The number of rotatable bonds is 5. The smallest absolute Gasteiger partial charge is 0.327 e. The Hall–Kier alpha value is -1.43. The van der Waals surface area contributed by atoms with E-state index in [9.17, 15) is 24.6 Å². The van der Waals surface area contributed by atoms with E-state index in [-0.39, 0.29) is 15.0 Å². The molecule has 7 nitrogen and oxygen atoms in total. The van der Waals surface area contributed by atoms with E-state index in [0.717, 1.165) is 16.7 Å².